The molecular weight excluding hydrogens is 264 g/mol. The molecule has 0 spiro atoms. The first-order valence-electron chi connectivity index (χ1n) is 4.57. The third kappa shape index (κ3) is 2.13. The van der Waals surface area contributed by atoms with Gasteiger partial charge < -0.3 is 5.11 Å². The van der Waals surface area contributed by atoms with Crippen LogP contribution in [0.1, 0.15) is 10.4 Å². The number of hydrogen-bond acceptors (Lipinski definition) is 5. The van der Waals surface area contributed by atoms with Crippen LogP contribution >= 0.6 is 11.6 Å². The number of aromatic nitrogens is 3. The average molecular weight is 269 g/mol. The van der Waals surface area contributed by atoms with Gasteiger partial charge in [0.05, 0.1) is 21.7 Å². The number of nitrogens with zero attached hydrogens (tertiary/aromatic N) is 4. The Morgan fingerprint density at radius 1 is 1.50 bits per heavy atom. The molecule has 0 amide bonds. The molecule has 0 atom stereocenters. The van der Waals surface area contributed by atoms with Gasteiger partial charge in [-0.15, -0.1) is 0 Å². The van der Waals surface area contributed by atoms with Crippen LogP contribution in [0.4, 0.5) is 5.69 Å². The van der Waals surface area contributed by atoms with Gasteiger partial charge >= 0.3 is 5.97 Å². The van der Waals surface area contributed by atoms with Gasteiger partial charge in [-0.2, -0.15) is 5.10 Å². The molecule has 0 fully saturated rings. The molecule has 0 aromatic carbocycles. The second kappa shape index (κ2) is 4.41. The fraction of sp³-hybridized carbons (Fsp3) is 0. The van der Waals surface area contributed by atoms with Gasteiger partial charge in [0.15, 0.2) is 5.82 Å². The highest BCUT2D eigenvalue weighted by Crippen LogP contribution is 2.22. The quantitative estimate of drug-likeness (QED) is 0.667. The maximum Gasteiger partial charge on any atom is 0.338 e. The van der Waals surface area contributed by atoms with E-state index in [1.165, 1.54) is 6.20 Å². The minimum atomic E-state index is -1.14. The van der Waals surface area contributed by atoms with Crippen molar-refractivity contribution in [2.24, 2.45) is 0 Å². The summed E-state index contributed by atoms with van der Waals surface area (Å²) in [5.41, 5.74) is -0.291. The zero-order valence-electron chi connectivity index (χ0n) is 8.65. The van der Waals surface area contributed by atoms with Gasteiger partial charge in [0.25, 0.3) is 5.69 Å². The summed E-state index contributed by atoms with van der Waals surface area (Å²) in [5, 5.41) is 23.0. The van der Waals surface area contributed by atoms with Crippen LogP contribution in [0.15, 0.2) is 24.7 Å². The molecule has 0 aliphatic carbocycles. The summed E-state index contributed by atoms with van der Waals surface area (Å²) in [7, 11) is 0. The summed E-state index contributed by atoms with van der Waals surface area (Å²) in [5.74, 6) is -1.02. The van der Waals surface area contributed by atoms with E-state index in [9.17, 15) is 14.9 Å². The number of carboxylic acids is 1. The monoisotopic (exact) mass is 268 g/mol. The lowest BCUT2D eigenvalue weighted by atomic mass is 10.4. The Labute approximate surface area is 105 Å². The zero-order chi connectivity index (χ0) is 13.3. The summed E-state index contributed by atoms with van der Waals surface area (Å²) < 4.78 is 1.13. The Bertz CT molecular complexity index is 639. The normalized spacial score (nSPS) is 10.3. The fourth-order valence-corrected chi connectivity index (χ4v) is 1.49. The van der Waals surface area contributed by atoms with Crippen LogP contribution in [0, 0.1) is 10.1 Å². The molecule has 2 aromatic heterocycles. The molecule has 1 N–H and O–H groups in total. The van der Waals surface area contributed by atoms with Crippen LogP contribution in [0.5, 0.6) is 0 Å². The highest BCUT2D eigenvalue weighted by molar-refractivity contribution is 6.32. The van der Waals surface area contributed by atoms with Gasteiger partial charge in [-0.3, -0.25) is 10.1 Å². The molecule has 2 rings (SSSR count). The summed E-state index contributed by atoms with van der Waals surface area (Å²) in [6.45, 7) is 0. The number of hydrogen-bond donors (Lipinski definition) is 1. The van der Waals surface area contributed by atoms with E-state index >= 15 is 0 Å². The maximum atomic E-state index is 10.7. The second-order valence-corrected chi connectivity index (χ2v) is 3.64. The van der Waals surface area contributed by atoms with Crippen molar-refractivity contribution >= 4 is 23.3 Å². The van der Waals surface area contributed by atoms with Crippen molar-refractivity contribution in [1.82, 2.24) is 14.8 Å². The molecule has 0 aliphatic heterocycles. The summed E-state index contributed by atoms with van der Waals surface area (Å²) in [6, 6.07) is 1.12. The third-order valence-corrected chi connectivity index (χ3v) is 2.34. The average Bonchev–Trinajstić information content (AvgIpc) is 2.78. The van der Waals surface area contributed by atoms with E-state index in [4.69, 9.17) is 16.7 Å². The Morgan fingerprint density at radius 3 is 2.72 bits per heavy atom. The van der Waals surface area contributed by atoms with Gasteiger partial charge in [0, 0.05) is 12.3 Å². The lowest BCUT2D eigenvalue weighted by molar-refractivity contribution is -0.385. The molecule has 9 heteroatoms. The standard InChI is InChI=1S/C9H5ClN4O4/c10-7-1-6(14(17)18)3-11-8(7)13-4-5(2-12-13)9(15)16/h1-4H,(H,15,16). The minimum Gasteiger partial charge on any atom is -0.478 e. The minimum absolute atomic E-state index is 0.00392. The number of nitro groups is 1. The molecule has 8 nitrogen and oxygen atoms in total. The van der Waals surface area contributed by atoms with Crippen LogP contribution in [0.3, 0.4) is 0 Å². The zero-order valence-corrected chi connectivity index (χ0v) is 9.40. The lowest BCUT2D eigenvalue weighted by Crippen LogP contribution is -2.00. The van der Waals surface area contributed by atoms with Crippen LogP contribution in [0.2, 0.25) is 5.02 Å². The number of halogens is 1. The molecule has 0 saturated heterocycles. The topological polar surface area (TPSA) is 111 Å². The molecule has 0 aliphatic rings. The van der Waals surface area contributed by atoms with E-state index in [2.05, 4.69) is 10.1 Å². The highest BCUT2D eigenvalue weighted by Gasteiger charge is 2.14. The van der Waals surface area contributed by atoms with Crippen molar-refractivity contribution in [2.75, 3.05) is 0 Å². The van der Waals surface area contributed by atoms with Crippen molar-refractivity contribution in [3.8, 4) is 5.82 Å². The molecule has 92 valence electrons. The van der Waals surface area contributed by atoms with Gasteiger partial charge in [0.1, 0.15) is 6.20 Å². The molecular formula is C9H5ClN4O4. The van der Waals surface area contributed by atoms with Crippen LogP contribution in [0.25, 0.3) is 5.82 Å². The lowest BCUT2D eigenvalue weighted by Gasteiger charge is -2.01. The predicted molar refractivity (Wildman–Crippen MR) is 60.0 cm³/mol. The smallest absolute Gasteiger partial charge is 0.338 e. The van der Waals surface area contributed by atoms with E-state index in [1.54, 1.807) is 0 Å². The van der Waals surface area contributed by atoms with Gasteiger partial charge in [-0.05, 0) is 0 Å². The van der Waals surface area contributed by atoms with Crippen molar-refractivity contribution in [1.29, 1.82) is 0 Å². The van der Waals surface area contributed by atoms with E-state index in [-0.39, 0.29) is 22.1 Å². The molecule has 0 radical (unpaired) electrons. The van der Waals surface area contributed by atoms with Gasteiger partial charge in [-0.25, -0.2) is 14.5 Å². The van der Waals surface area contributed by atoms with Crippen molar-refractivity contribution in [3.05, 3.63) is 45.4 Å². The number of pyridine rings is 1. The number of aromatic carboxylic acids is 1. The van der Waals surface area contributed by atoms with Crippen LogP contribution in [-0.2, 0) is 0 Å². The molecule has 0 saturated carbocycles. The summed E-state index contributed by atoms with van der Waals surface area (Å²) in [6.07, 6.45) is 3.35. The highest BCUT2D eigenvalue weighted by atomic mass is 35.5. The maximum absolute atomic E-state index is 10.7. The third-order valence-electron chi connectivity index (χ3n) is 2.06. The first-order valence-corrected chi connectivity index (χ1v) is 4.95. The van der Waals surface area contributed by atoms with Gasteiger partial charge in [-0.1, -0.05) is 11.6 Å². The Morgan fingerprint density at radius 2 is 2.22 bits per heavy atom. The van der Waals surface area contributed by atoms with Gasteiger partial charge in [0.2, 0.25) is 0 Å². The van der Waals surface area contributed by atoms with Crippen molar-refractivity contribution in [3.63, 3.8) is 0 Å². The van der Waals surface area contributed by atoms with E-state index in [1.807, 2.05) is 0 Å². The molecule has 0 bridgehead atoms. The Kier molecular flexibility index (Phi) is 2.94. The number of rotatable bonds is 3. The summed E-state index contributed by atoms with van der Waals surface area (Å²) >= 11 is 5.82. The molecule has 2 heterocycles. The van der Waals surface area contributed by atoms with Crippen LogP contribution in [-0.4, -0.2) is 30.8 Å². The van der Waals surface area contributed by atoms with E-state index < -0.39 is 10.9 Å². The molecule has 0 unspecified atom stereocenters. The molecule has 2 aromatic rings. The SMILES string of the molecule is O=C(O)c1cnn(-c2ncc([N+](=O)[O-])cc2Cl)c1. The molecule has 18 heavy (non-hydrogen) atoms. The predicted octanol–water partition coefficient (Wildman–Crippen LogP) is 1.53. The number of carboxylic acid groups (broad SMARTS) is 1. The first kappa shape index (κ1) is 12.0. The Hall–Kier alpha value is -2.48. The number of carbonyl (C=O) groups is 1. The van der Waals surface area contributed by atoms with Crippen LogP contribution < -0.4 is 0 Å². The van der Waals surface area contributed by atoms with E-state index in [0.717, 1.165) is 23.1 Å². The van der Waals surface area contributed by atoms with E-state index in [0.29, 0.717) is 0 Å². The second-order valence-electron chi connectivity index (χ2n) is 3.23. The van der Waals surface area contributed by atoms with Crippen molar-refractivity contribution < 1.29 is 14.8 Å². The first-order chi connectivity index (χ1) is 8.49. The Balaban J connectivity index is 2.44. The fourth-order valence-electron chi connectivity index (χ4n) is 1.24. The summed E-state index contributed by atoms with van der Waals surface area (Å²) in [4.78, 5) is 24.3. The largest absolute Gasteiger partial charge is 0.478 e. The van der Waals surface area contributed by atoms with Crippen molar-refractivity contribution in [2.45, 2.75) is 0 Å².